The van der Waals surface area contributed by atoms with Crippen LogP contribution in [0.25, 0.3) is 5.69 Å². The van der Waals surface area contributed by atoms with Crippen LogP contribution in [-0.4, -0.2) is 37.8 Å². The summed E-state index contributed by atoms with van der Waals surface area (Å²) in [6.07, 6.45) is 2.43. The molecule has 0 aliphatic heterocycles. The van der Waals surface area contributed by atoms with Gasteiger partial charge in [0.15, 0.2) is 0 Å². The molecule has 1 heterocycles. The first-order valence-corrected chi connectivity index (χ1v) is 6.62. The van der Waals surface area contributed by atoms with Crippen LogP contribution in [0.4, 0.5) is 0 Å². The van der Waals surface area contributed by atoms with Crippen LogP contribution in [-0.2, 0) is 4.79 Å². The first-order chi connectivity index (χ1) is 10.1. The zero-order valence-electron chi connectivity index (χ0n) is 11.6. The number of carboxylic acids is 1. The molecule has 1 amide bonds. The van der Waals surface area contributed by atoms with Gasteiger partial charge in [-0.25, -0.2) is 14.5 Å². The summed E-state index contributed by atoms with van der Waals surface area (Å²) in [6.45, 7) is 1.85. The highest BCUT2D eigenvalue weighted by molar-refractivity contribution is 5.93. The molecule has 2 N–H and O–H groups in total. The Bertz CT molecular complexity index is 624. The third kappa shape index (κ3) is 3.65. The third-order valence-corrected chi connectivity index (χ3v) is 2.90. The number of nitrogens with one attached hydrogen (secondary N) is 1. The molecule has 0 fully saturated rings. The lowest BCUT2D eigenvalue weighted by molar-refractivity contribution is -0.139. The lowest BCUT2D eigenvalue weighted by atomic mass is 10.1. The van der Waals surface area contributed by atoms with Crippen molar-refractivity contribution in [3.63, 3.8) is 0 Å². The Morgan fingerprint density at radius 1 is 1.33 bits per heavy atom. The van der Waals surface area contributed by atoms with E-state index < -0.39 is 17.9 Å². The largest absolute Gasteiger partial charge is 0.480 e. The summed E-state index contributed by atoms with van der Waals surface area (Å²) in [6, 6.07) is 8.29. The number of hydrogen-bond donors (Lipinski definition) is 2. The van der Waals surface area contributed by atoms with Crippen molar-refractivity contribution in [2.24, 2.45) is 0 Å². The van der Waals surface area contributed by atoms with E-state index in [-0.39, 0.29) is 5.82 Å². The molecule has 0 radical (unpaired) electrons. The maximum atomic E-state index is 12.0. The molecule has 0 bridgehead atoms. The number of nitrogens with zero attached hydrogens (tertiary/aromatic N) is 3. The minimum Gasteiger partial charge on any atom is -0.480 e. The number of carbonyl (C=O) groups is 2. The van der Waals surface area contributed by atoms with Crippen LogP contribution in [0.15, 0.2) is 36.7 Å². The second-order valence-electron chi connectivity index (χ2n) is 4.50. The lowest BCUT2D eigenvalue weighted by Crippen LogP contribution is -2.41. The predicted molar refractivity (Wildman–Crippen MR) is 75.2 cm³/mol. The topological polar surface area (TPSA) is 97.1 Å². The SMILES string of the molecule is CCCC(NC(=O)c1ncn(-c2ccccc2)n1)C(=O)O. The van der Waals surface area contributed by atoms with Crippen LogP contribution in [0.2, 0.25) is 0 Å². The number of aliphatic carboxylic acids is 1. The number of amides is 1. The third-order valence-electron chi connectivity index (χ3n) is 2.90. The average molecular weight is 288 g/mol. The average Bonchev–Trinajstić information content (AvgIpc) is 2.97. The maximum Gasteiger partial charge on any atom is 0.326 e. The normalized spacial score (nSPS) is 11.9. The van der Waals surface area contributed by atoms with E-state index in [0.29, 0.717) is 12.8 Å². The zero-order valence-corrected chi connectivity index (χ0v) is 11.6. The number of rotatable bonds is 6. The number of carboxylic acid groups (broad SMARTS) is 1. The number of aromatic nitrogens is 3. The van der Waals surface area contributed by atoms with Gasteiger partial charge in [-0.05, 0) is 18.6 Å². The van der Waals surface area contributed by atoms with Crippen LogP contribution in [0.3, 0.4) is 0 Å². The van der Waals surface area contributed by atoms with Crippen LogP contribution < -0.4 is 5.32 Å². The van der Waals surface area contributed by atoms with Gasteiger partial charge >= 0.3 is 5.97 Å². The van der Waals surface area contributed by atoms with E-state index in [0.717, 1.165) is 5.69 Å². The van der Waals surface area contributed by atoms with E-state index in [4.69, 9.17) is 5.11 Å². The number of carbonyl (C=O) groups excluding carboxylic acids is 1. The van der Waals surface area contributed by atoms with Crippen molar-refractivity contribution in [1.29, 1.82) is 0 Å². The quantitative estimate of drug-likeness (QED) is 0.833. The molecule has 1 aromatic heterocycles. The van der Waals surface area contributed by atoms with Gasteiger partial charge in [0.1, 0.15) is 12.4 Å². The second-order valence-corrected chi connectivity index (χ2v) is 4.50. The highest BCUT2D eigenvalue weighted by Gasteiger charge is 2.21. The minimum atomic E-state index is -1.06. The summed E-state index contributed by atoms with van der Waals surface area (Å²) in [4.78, 5) is 26.9. The van der Waals surface area contributed by atoms with Gasteiger partial charge in [0.05, 0.1) is 5.69 Å². The summed E-state index contributed by atoms with van der Waals surface area (Å²) in [7, 11) is 0. The second kappa shape index (κ2) is 6.65. The molecular formula is C14H16N4O3. The van der Waals surface area contributed by atoms with Gasteiger partial charge in [-0.15, -0.1) is 5.10 Å². The molecule has 0 spiro atoms. The van der Waals surface area contributed by atoms with Crippen molar-refractivity contribution in [3.05, 3.63) is 42.5 Å². The van der Waals surface area contributed by atoms with Crippen LogP contribution >= 0.6 is 0 Å². The highest BCUT2D eigenvalue weighted by Crippen LogP contribution is 2.05. The van der Waals surface area contributed by atoms with Crippen molar-refractivity contribution >= 4 is 11.9 Å². The smallest absolute Gasteiger partial charge is 0.326 e. The monoisotopic (exact) mass is 288 g/mol. The molecule has 0 aliphatic carbocycles. The Kier molecular flexibility index (Phi) is 4.65. The molecule has 0 aliphatic rings. The maximum absolute atomic E-state index is 12.0. The van der Waals surface area contributed by atoms with E-state index in [9.17, 15) is 9.59 Å². The van der Waals surface area contributed by atoms with E-state index in [2.05, 4.69) is 15.4 Å². The molecule has 1 aromatic carbocycles. The first kappa shape index (κ1) is 14.7. The molecule has 0 saturated carbocycles. The van der Waals surface area contributed by atoms with Gasteiger partial charge in [-0.3, -0.25) is 4.79 Å². The fourth-order valence-corrected chi connectivity index (χ4v) is 1.84. The Hall–Kier alpha value is -2.70. The molecule has 21 heavy (non-hydrogen) atoms. The molecule has 1 atom stereocenters. The summed E-state index contributed by atoms with van der Waals surface area (Å²) in [5, 5.41) is 15.5. The molecule has 7 heteroatoms. The van der Waals surface area contributed by atoms with Crippen LogP contribution in [0.1, 0.15) is 30.4 Å². The lowest BCUT2D eigenvalue weighted by Gasteiger charge is -2.11. The van der Waals surface area contributed by atoms with E-state index >= 15 is 0 Å². The molecular weight excluding hydrogens is 272 g/mol. The number of hydrogen-bond acceptors (Lipinski definition) is 4. The standard InChI is InChI=1S/C14H16N4O3/c1-2-6-11(14(20)21)16-13(19)12-15-9-18(17-12)10-7-4-3-5-8-10/h3-5,7-9,11H,2,6H2,1H3,(H,16,19)(H,20,21). The highest BCUT2D eigenvalue weighted by atomic mass is 16.4. The fraction of sp³-hybridized carbons (Fsp3) is 0.286. The van der Waals surface area contributed by atoms with Crippen molar-refractivity contribution in [3.8, 4) is 5.69 Å². The van der Waals surface area contributed by atoms with E-state index in [1.807, 2.05) is 37.3 Å². The summed E-state index contributed by atoms with van der Waals surface area (Å²) < 4.78 is 1.46. The van der Waals surface area contributed by atoms with Crippen molar-refractivity contribution in [2.75, 3.05) is 0 Å². The van der Waals surface area contributed by atoms with E-state index in [1.54, 1.807) is 0 Å². The van der Waals surface area contributed by atoms with Gasteiger partial charge in [-0.2, -0.15) is 0 Å². The van der Waals surface area contributed by atoms with Crippen LogP contribution in [0.5, 0.6) is 0 Å². The van der Waals surface area contributed by atoms with Crippen molar-refractivity contribution < 1.29 is 14.7 Å². The number of para-hydroxylation sites is 1. The Morgan fingerprint density at radius 3 is 2.67 bits per heavy atom. The Morgan fingerprint density at radius 2 is 2.05 bits per heavy atom. The Balaban J connectivity index is 2.10. The summed E-state index contributed by atoms with van der Waals surface area (Å²) in [5.74, 6) is -1.71. The van der Waals surface area contributed by atoms with Crippen LogP contribution in [0, 0.1) is 0 Å². The van der Waals surface area contributed by atoms with Gasteiger partial charge in [0, 0.05) is 0 Å². The molecule has 2 rings (SSSR count). The molecule has 1 unspecified atom stereocenters. The molecule has 2 aromatic rings. The zero-order chi connectivity index (χ0) is 15.2. The molecule has 110 valence electrons. The van der Waals surface area contributed by atoms with Gasteiger partial charge in [0.2, 0.25) is 5.82 Å². The summed E-state index contributed by atoms with van der Waals surface area (Å²) >= 11 is 0. The Labute approximate surface area is 121 Å². The summed E-state index contributed by atoms with van der Waals surface area (Å²) in [5.41, 5.74) is 0.771. The van der Waals surface area contributed by atoms with Gasteiger partial charge in [-0.1, -0.05) is 31.5 Å². The van der Waals surface area contributed by atoms with E-state index in [1.165, 1.54) is 11.0 Å². The van der Waals surface area contributed by atoms with Gasteiger partial charge in [0.25, 0.3) is 5.91 Å². The molecule has 7 nitrogen and oxygen atoms in total. The number of benzene rings is 1. The minimum absolute atomic E-state index is 0.0544. The van der Waals surface area contributed by atoms with Crippen molar-refractivity contribution in [1.82, 2.24) is 20.1 Å². The first-order valence-electron chi connectivity index (χ1n) is 6.62. The van der Waals surface area contributed by atoms with Gasteiger partial charge < -0.3 is 10.4 Å². The predicted octanol–water partition coefficient (Wildman–Crippen LogP) is 1.25. The van der Waals surface area contributed by atoms with Crippen molar-refractivity contribution in [2.45, 2.75) is 25.8 Å². The fourth-order valence-electron chi connectivity index (χ4n) is 1.84. The molecule has 0 saturated heterocycles.